The lowest BCUT2D eigenvalue weighted by molar-refractivity contribution is -0.130. The summed E-state index contributed by atoms with van der Waals surface area (Å²) in [4.78, 5) is 34.7. The van der Waals surface area contributed by atoms with Gasteiger partial charge in [-0.25, -0.2) is 0 Å². The molecular formula is C33H37ClN4O2. The average molecular weight is 557 g/mol. The van der Waals surface area contributed by atoms with Crippen LogP contribution in [0, 0.1) is 5.92 Å². The number of anilines is 1. The van der Waals surface area contributed by atoms with Crippen molar-refractivity contribution in [3.63, 3.8) is 0 Å². The molecule has 2 N–H and O–H groups in total. The molecule has 1 amide bonds. The number of fused-ring (bicyclic) bond motifs is 2. The second kappa shape index (κ2) is 12.0. The van der Waals surface area contributed by atoms with E-state index < -0.39 is 0 Å². The molecule has 3 heterocycles. The van der Waals surface area contributed by atoms with Gasteiger partial charge in [0.2, 0.25) is 5.91 Å². The zero-order valence-corrected chi connectivity index (χ0v) is 23.7. The fourth-order valence-electron chi connectivity index (χ4n) is 6.33. The van der Waals surface area contributed by atoms with Crippen LogP contribution in [0.15, 0.2) is 60.8 Å². The van der Waals surface area contributed by atoms with E-state index in [1.165, 1.54) is 45.3 Å². The third-order valence-corrected chi connectivity index (χ3v) is 9.07. The Labute approximate surface area is 240 Å². The first-order chi connectivity index (χ1) is 19.6. The van der Waals surface area contributed by atoms with Crippen molar-refractivity contribution in [2.45, 2.75) is 38.5 Å². The van der Waals surface area contributed by atoms with Gasteiger partial charge in [-0.15, -0.1) is 0 Å². The second-order valence-corrected chi connectivity index (χ2v) is 11.7. The van der Waals surface area contributed by atoms with Crippen LogP contribution in [-0.4, -0.2) is 65.7 Å². The van der Waals surface area contributed by atoms with Crippen molar-refractivity contribution in [3.8, 4) is 0 Å². The first-order valence-electron chi connectivity index (χ1n) is 14.6. The number of carbonyl (C=O) groups is 2. The zero-order chi connectivity index (χ0) is 27.5. The van der Waals surface area contributed by atoms with Crippen LogP contribution in [0.5, 0.6) is 0 Å². The molecule has 0 radical (unpaired) electrons. The highest BCUT2D eigenvalue weighted by Crippen LogP contribution is 2.31. The molecule has 2 aliphatic heterocycles. The number of carbonyl (C=O) groups excluding carboxylic acids is 2. The third kappa shape index (κ3) is 5.74. The summed E-state index contributed by atoms with van der Waals surface area (Å²) in [5.41, 5.74) is 2.65. The Balaban J connectivity index is 1.13. The molecule has 0 spiro atoms. The number of aromatic nitrogens is 1. The van der Waals surface area contributed by atoms with Gasteiger partial charge >= 0.3 is 0 Å². The molecule has 7 heteroatoms. The maximum absolute atomic E-state index is 13.7. The summed E-state index contributed by atoms with van der Waals surface area (Å²) in [6.07, 6.45) is 9.15. The topological polar surface area (TPSA) is 68.4 Å². The van der Waals surface area contributed by atoms with Crippen molar-refractivity contribution in [2.75, 3.05) is 44.6 Å². The molecule has 208 valence electrons. The number of likely N-dealkylation sites (tertiary alicyclic amines) is 2. The molecule has 2 fully saturated rings. The van der Waals surface area contributed by atoms with E-state index in [-0.39, 0.29) is 18.2 Å². The number of amides is 1. The van der Waals surface area contributed by atoms with E-state index in [0.29, 0.717) is 27.8 Å². The molecule has 2 saturated heterocycles. The normalized spacial score (nSPS) is 17.0. The predicted octanol–water partition coefficient (Wildman–Crippen LogP) is 6.73. The summed E-state index contributed by atoms with van der Waals surface area (Å²) >= 11 is 6.24. The Morgan fingerprint density at radius 3 is 2.55 bits per heavy atom. The maximum atomic E-state index is 13.7. The van der Waals surface area contributed by atoms with Crippen LogP contribution in [0.3, 0.4) is 0 Å². The van der Waals surface area contributed by atoms with Gasteiger partial charge in [0.25, 0.3) is 0 Å². The summed E-state index contributed by atoms with van der Waals surface area (Å²) in [6.45, 7) is 5.48. The first kappa shape index (κ1) is 26.9. The van der Waals surface area contributed by atoms with E-state index in [4.69, 9.17) is 11.6 Å². The smallest absolute Gasteiger partial charge is 0.241 e. The van der Waals surface area contributed by atoms with E-state index >= 15 is 0 Å². The standard InChI is InChI=1S/C33H37ClN4O2/c34-29-21-35-30-20-25(9-10-27(29)30)33(40)28-11-8-24-6-2-3-7-26(24)32(28)36-22-31(39)38-18-13-23(14-19-38)12-17-37-15-4-1-5-16-37/h2-3,6-11,20-21,23,35-36H,1,4-5,12-19,22H2. The molecule has 0 aliphatic carbocycles. The van der Waals surface area contributed by atoms with Gasteiger partial charge < -0.3 is 20.1 Å². The van der Waals surface area contributed by atoms with Crippen molar-refractivity contribution in [1.82, 2.24) is 14.8 Å². The quantitative estimate of drug-likeness (QED) is 0.236. The molecule has 4 aromatic rings. The highest BCUT2D eigenvalue weighted by Gasteiger charge is 2.24. The van der Waals surface area contributed by atoms with Gasteiger partial charge in [-0.05, 0) is 75.2 Å². The fourth-order valence-corrected chi connectivity index (χ4v) is 6.55. The number of halogens is 1. The van der Waals surface area contributed by atoms with Gasteiger partial charge in [-0.2, -0.15) is 0 Å². The van der Waals surface area contributed by atoms with Gasteiger partial charge in [-0.1, -0.05) is 60.5 Å². The van der Waals surface area contributed by atoms with E-state index in [9.17, 15) is 9.59 Å². The minimum absolute atomic E-state index is 0.0864. The highest BCUT2D eigenvalue weighted by atomic mass is 35.5. The number of hydrogen-bond acceptors (Lipinski definition) is 4. The molecular weight excluding hydrogens is 520 g/mol. The molecule has 40 heavy (non-hydrogen) atoms. The van der Waals surface area contributed by atoms with E-state index in [1.807, 2.05) is 59.5 Å². The lowest BCUT2D eigenvalue weighted by Gasteiger charge is -2.34. The predicted molar refractivity (Wildman–Crippen MR) is 163 cm³/mol. The van der Waals surface area contributed by atoms with Crippen molar-refractivity contribution in [2.24, 2.45) is 5.92 Å². The van der Waals surface area contributed by atoms with Crippen LogP contribution in [0.1, 0.15) is 54.4 Å². The molecule has 1 aromatic heterocycles. The van der Waals surface area contributed by atoms with Crippen LogP contribution >= 0.6 is 11.6 Å². The fraction of sp³-hybridized carbons (Fsp3) is 0.394. The van der Waals surface area contributed by atoms with Crippen LogP contribution in [-0.2, 0) is 4.79 Å². The average Bonchev–Trinajstić information content (AvgIpc) is 3.38. The number of nitrogens with zero attached hydrogens (tertiary/aromatic N) is 2. The summed E-state index contributed by atoms with van der Waals surface area (Å²) in [5, 5.41) is 6.85. The van der Waals surface area contributed by atoms with Crippen LogP contribution in [0.2, 0.25) is 5.02 Å². The molecule has 0 atom stereocenters. The molecule has 3 aromatic carbocycles. The van der Waals surface area contributed by atoms with E-state index in [1.54, 1.807) is 6.20 Å². The Bertz CT molecular complexity index is 1520. The lowest BCUT2D eigenvalue weighted by atomic mass is 9.93. The number of H-pyrrole nitrogens is 1. The van der Waals surface area contributed by atoms with Crippen molar-refractivity contribution in [1.29, 1.82) is 0 Å². The molecule has 0 bridgehead atoms. The molecule has 0 saturated carbocycles. The highest BCUT2D eigenvalue weighted by molar-refractivity contribution is 6.35. The molecule has 2 aliphatic rings. The van der Waals surface area contributed by atoms with Crippen molar-refractivity contribution >= 4 is 50.7 Å². The first-order valence-corrected chi connectivity index (χ1v) is 15.0. The van der Waals surface area contributed by atoms with Crippen molar-refractivity contribution in [3.05, 3.63) is 76.9 Å². The van der Waals surface area contributed by atoms with Gasteiger partial charge in [0.15, 0.2) is 5.78 Å². The lowest BCUT2D eigenvalue weighted by Crippen LogP contribution is -2.42. The van der Waals surface area contributed by atoms with Gasteiger partial charge in [0.1, 0.15) is 0 Å². The number of aromatic amines is 1. The summed E-state index contributed by atoms with van der Waals surface area (Å²) in [7, 11) is 0. The monoisotopic (exact) mass is 556 g/mol. The number of nitrogens with one attached hydrogen (secondary N) is 2. The molecule has 0 unspecified atom stereocenters. The summed E-state index contributed by atoms with van der Waals surface area (Å²) in [6, 6.07) is 17.3. The van der Waals surface area contributed by atoms with Gasteiger partial charge in [0, 0.05) is 46.7 Å². The van der Waals surface area contributed by atoms with E-state index in [0.717, 1.165) is 47.6 Å². The Hall–Kier alpha value is -3.35. The van der Waals surface area contributed by atoms with Gasteiger partial charge in [0.05, 0.1) is 17.3 Å². The zero-order valence-electron chi connectivity index (χ0n) is 22.9. The number of hydrogen-bond donors (Lipinski definition) is 2. The Morgan fingerprint density at radius 1 is 0.925 bits per heavy atom. The largest absolute Gasteiger partial charge is 0.375 e. The number of ketones is 1. The van der Waals surface area contributed by atoms with E-state index in [2.05, 4.69) is 15.2 Å². The Morgan fingerprint density at radius 2 is 1.73 bits per heavy atom. The molecule has 6 rings (SSSR count). The Kier molecular flexibility index (Phi) is 8.08. The van der Waals surface area contributed by atoms with Crippen molar-refractivity contribution < 1.29 is 9.59 Å². The summed E-state index contributed by atoms with van der Waals surface area (Å²) < 4.78 is 0. The van der Waals surface area contributed by atoms with Crippen LogP contribution < -0.4 is 5.32 Å². The SMILES string of the molecule is O=C(c1ccc2c(Cl)c[nH]c2c1)c1ccc2ccccc2c1NCC(=O)N1CCC(CCN2CCCCC2)CC1. The minimum Gasteiger partial charge on any atom is -0.375 e. The summed E-state index contributed by atoms with van der Waals surface area (Å²) in [5.74, 6) is 0.694. The van der Waals surface area contributed by atoms with Gasteiger partial charge in [-0.3, -0.25) is 9.59 Å². The van der Waals surface area contributed by atoms with Crippen LogP contribution in [0.4, 0.5) is 5.69 Å². The number of benzene rings is 3. The number of piperidine rings is 2. The maximum Gasteiger partial charge on any atom is 0.241 e. The number of rotatable bonds is 8. The molecule has 6 nitrogen and oxygen atoms in total. The second-order valence-electron chi connectivity index (χ2n) is 11.3. The third-order valence-electron chi connectivity index (χ3n) is 8.75. The minimum atomic E-state index is -0.0946. The van der Waals surface area contributed by atoms with Crippen LogP contribution in [0.25, 0.3) is 21.7 Å².